The van der Waals surface area contributed by atoms with Gasteiger partial charge in [-0.15, -0.1) is 11.3 Å². The van der Waals surface area contributed by atoms with Crippen LogP contribution in [0.2, 0.25) is 0 Å². The Labute approximate surface area is 127 Å². The summed E-state index contributed by atoms with van der Waals surface area (Å²) in [6, 6.07) is 6.79. The zero-order chi connectivity index (χ0) is 14.8. The quantitative estimate of drug-likeness (QED) is 0.806. The van der Waals surface area contributed by atoms with Gasteiger partial charge in [-0.3, -0.25) is 5.32 Å². The molecule has 110 valence electrons. The van der Waals surface area contributed by atoms with Crippen molar-refractivity contribution in [1.29, 1.82) is 0 Å². The van der Waals surface area contributed by atoms with Crippen molar-refractivity contribution in [3.05, 3.63) is 40.9 Å². The lowest BCUT2D eigenvalue weighted by Gasteiger charge is -2.08. The van der Waals surface area contributed by atoms with Crippen LogP contribution in [0.3, 0.4) is 0 Å². The van der Waals surface area contributed by atoms with Crippen LogP contribution in [0.4, 0.5) is 15.6 Å². The lowest BCUT2D eigenvalue weighted by molar-refractivity contribution is 0.199. The summed E-state index contributed by atoms with van der Waals surface area (Å²) in [4.78, 5) is 16.3. The van der Waals surface area contributed by atoms with E-state index in [9.17, 15) is 9.90 Å². The Morgan fingerprint density at radius 1 is 1.33 bits per heavy atom. The summed E-state index contributed by atoms with van der Waals surface area (Å²) < 4.78 is 0. The molecule has 6 heteroatoms. The highest BCUT2D eigenvalue weighted by Gasteiger charge is 2.26. The molecule has 1 unspecified atom stereocenters. The molecular weight excluding hydrogens is 286 g/mol. The number of hydrogen-bond donors (Lipinski definition) is 3. The van der Waals surface area contributed by atoms with Gasteiger partial charge in [-0.25, -0.2) is 9.78 Å². The summed E-state index contributed by atoms with van der Waals surface area (Å²) in [7, 11) is 0. The van der Waals surface area contributed by atoms with Crippen molar-refractivity contribution >= 4 is 28.2 Å². The minimum absolute atomic E-state index is 0.309. The predicted octanol–water partition coefficient (Wildman–Crippen LogP) is 3.72. The van der Waals surface area contributed by atoms with Crippen LogP contribution in [0.5, 0.6) is 0 Å². The third kappa shape index (κ3) is 3.59. The van der Waals surface area contributed by atoms with E-state index in [4.69, 9.17) is 0 Å². The van der Waals surface area contributed by atoms with E-state index in [2.05, 4.69) is 15.6 Å². The Hall–Kier alpha value is -1.92. The zero-order valence-corrected chi connectivity index (χ0v) is 12.5. The summed E-state index contributed by atoms with van der Waals surface area (Å²) in [5.41, 5.74) is 2.57. The summed E-state index contributed by atoms with van der Waals surface area (Å²) in [6.07, 6.45) is 1.89. The molecule has 3 N–H and O–H groups in total. The fraction of sp³-hybridized carbons (Fsp3) is 0.333. The number of anilines is 2. The molecule has 1 aliphatic carbocycles. The molecule has 0 bridgehead atoms. The molecule has 0 radical (unpaired) electrons. The van der Waals surface area contributed by atoms with Gasteiger partial charge < -0.3 is 10.4 Å². The van der Waals surface area contributed by atoms with Gasteiger partial charge in [-0.2, -0.15) is 0 Å². The van der Waals surface area contributed by atoms with E-state index in [1.807, 2.05) is 5.38 Å². The van der Waals surface area contributed by atoms with E-state index >= 15 is 0 Å². The van der Waals surface area contributed by atoms with Gasteiger partial charge in [0, 0.05) is 17.0 Å². The van der Waals surface area contributed by atoms with Gasteiger partial charge in [0.25, 0.3) is 0 Å². The number of aromatic nitrogens is 1. The maximum atomic E-state index is 11.9. The van der Waals surface area contributed by atoms with E-state index in [-0.39, 0.29) is 6.03 Å². The number of carbonyl (C=O) groups is 1. The molecule has 0 aliphatic heterocycles. The Morgan fingerprint density at radius 3 is 2.67 bits per heavy atom. The second-order valence-electron chi connectivity index (χ2n) is 5.23. The number of nitrogens with one attached hydrogen (secondary N) is 2. The molecule has 1 aromatic heterocycles. The minimum Gasteiger partial charge on any atom is -0.389 e. The van der Waals surface area contributed by atoms with E-state index in [1.54, 1.807) is 31.2 Å². The first-order valence-corrected chi connectivity index (χ1v) is 7.81. The Morgan fingerprint density at radius 2 is 2.05 bits per heavy atom. The Bertz CT molecular complexity index is 633. The van der Waals surface area contributed by atoms with Crippen LogP contribution in [0.1, 0.15) is 43.0 Å². The second-order valence-corrected chi connectivity index (χ2v) is 6.09. The van der Waals surface area contributed by atoms with Crippen LogP contribution in [-0.4, -0.2) is 16.1 Å². The van der Waals surface area contributed by atoms with Gasteiger partial charge in [0.05, 0.1) is 11.8 Å². The van der Waals surface area contributed by atoms with E-state index < -0.39 is 6.10 Å². The van der Waals surface area contributed by atoms with Crippen molar-refractivity contribution in [2.24, 2.45) is 0 Å². The fourth-order valence-corrected chi connectivity index (χ4v) is 2.80. The lowest BCUT2D eigenvalue weighted by atomic mass is 10.1. The number of urea groups is 1. The average Bonchev–Trinajstić information content (AvgIpc) is 3.20. The zero-order valence-electron chi connectivity index (χ0n) is 11.7. The minimum atomic E-state index is -0.510. The van der Waals surface area contributed by atoms with Crippen LogP contribution in [0.15, 0.2) is 29.6 Å². The molecule has 1 fully saturated rings. The average molecular weight is 303 g/mol. The van der Waals surface area contributed by atoms with Gasteiger partial charge in [0.15, 0.2) is 5.13 Å². The largest absolute Gasteiger partial charge is 0.389 e. The number of hydrogen-bond acceptors (Lipinski definition) is 4. The molecule has 0 saturated heterocycles. The van der Waals surface area contributed by atoms with Crippen LogP contribution < -0.4 is 10.6 Å². The molecule has 1 saturated carbocycles. The number of thiazole rings is 1. The molecule has 0 spiro atoms. The monoisotopic (exact) mass is 303 g/mol. The van der Waals surface area contributed by atoms with Gasteiger partial charge in [0.2, 0.25) is 0 Å². The lowest BCUT2D eigenvalue weighted by Crippen LogP contribution is -2.19. The normalized spacial score (nSPS) is 15.5. The molecule has 1 aliphatic rings. The molecule has 1 atom stereocenters. The highest BCUT2D eigenvalue weighted by Crippen LogP contribution is 2.40. The van der Waals surface area contributed by atoms with E-state index in [1.165, 1.54) is 24.2 Å². The molecule has 3 rings (SSSR count). The number of benzene rings is 1. The molecular formula is C15H17N3O2S. The summed E-state index contributed by atoms with van der Waals surface area (Å²) in [5, 5.41) is 17.5. The molecule has 2 amide bonds. The van der Waals surface area contributed by atoms with Crippen molar-refractivity contribution in [2.75, 3.05) is 10.6 Å². The number of rotatable bonds is 4. The van der Waals surface area contributed by atoms with Crippen molar-refractivity contribution in [2.45, 2.75) is 31.8 Å². The Kier molecular flexibility index (Phi) is 3.90. The number of aliphatic hydroxyl groups excluding tert-OH is 1. The van der Waals surface area contributed by atoms with Gasteiger partial charge in [-0.05, 0) is 37.5 Å². The third-order valence-corrected chi connectivity index (χ3v) is 4.16. The number of carbonyl (C=O) groups excluding carboxylic acids is 1. The molecule has 2 aromatic rings. The first-order chi connectivity index (χ1) is 10.1. The predicted molar refractivity (Wildman–Crippen MR) is 83.8 cm³/mol. The van der Waals surface area contributed by atoms with Crippen molar-refractivity contribution in [3.8, 4) is 0 Å². The molecule has 21 heavy (non-hydrogen) atoms. The number of amides is 2. The van der Waals surface area contributed by atoms with Gasteiger partial charge in [0.1, 0.15) is 0 Å². The topological polar surface area (TPSA) is 74.2 Å². The van der Waals surface area contributed by atoms with E-state index in [0.717, 1.165) is 11.3 Å². The fourth-order valence-electron chi connectivity index (χ4n) is 2.01. The van der Waals surface area contributed by atoms with Crippen molar-refractivity contribution in [1.82, 2.24) is 4.98 Å². The van der Waals surface area contributed by atoms with Crippen LogP contribution in [0, 0.1) is 0 Å². The maximum Gasteiger partial charge on any atom is 0.325 e. The SMILES string of the molecule is CC(O)c1ccc(NC(=O)Nc2nc(C3CC3)cs2)cc1. The highest BCUT2D eigenvalue weighted by atomic mass is 32.1. The standard InChI is InChI=1S/C15H17N3O2S/c1-9(19)10-4-6-12(7-5-10)16-14(20)18-15-17-13(8-21-15)11-2-3-11/h4-9,11,19H,2-3H2,1H3,(H2,16,17,18,20). The second kappa shape index (κ2) is 5.83. The molecule has 5 nitrogen and oxygen atoms in total. The first kappa shape index (κ1) is 14.0. The Balaban J connectivity index is 1.57. The smallest absolute Gasteiger partial charge is 0.325 e. The van der Waals surface area contributed by atoms with Crippen molar-refractivity contribution in [3.63, 3.8) is 0 Å². The number of aliphatic hydroxyl groups is 1. The molecule has 1 heterocycles. The summed E-state index contributed by atoms with van der Waals surface area (Å²) >= 11 is 1.45. The van der Waals surface area contributed by atoms with Gasteiger partial charge in [-0.1, -0.05) is 12.1 Å². The van der Waals surface area contributed by atoms with Crippen LogP contribution in [-0.2, 0) is 0 Å². The van der Waals surface area contributed by atoms with Crippen molar-refractivity contribution < 1.29 is 9.90 Å². The maximum absolute atomic E-state index is 11.9. The van der Waals surface area contributed by atoms with E-state index in [0.29, 0.717) is 16.7 Å². The first-order valence-electron chi connectivity index (χ1n) is 6.93. The van der Waals surface area contributed by atoms with Crippen LogP contribution >= 0.6 is 11.3 Å². The van der Waals surface area contributed by atoms with Gasteiger partial charge >= 0.3 is 6.03 Å². The third-order valence-electron chi connectivity index (χ3n) is 3.39. The highest BCUT2D eigenvalue weighted by molar-refractivity contribution is 7.14. The number of nitrogens with zero attached hydrogens (tertiary/aromatic N) is 1. The summed E-state index contributed by atoms with van der Waals surface area (Å²) in [6.45, 7) is 1.70. The summed E-state index contributed by atoms with van der Waals surface area (Å²) in [5.74, 6) is 0.591. The molecule has 1 aromatic carbocycles. The van der Waals surface area contributed by atoms with Crippen LogP contribution in [0.25, 0.3) is 0 Å².